The van der Waals surface area contributed by atoms with Crippen molar-refractivity contribution in [2.24, 2.45) is 0 Å². The van der Waals surface area contributed by atoms with Gasteiger partial charge in [-0.3, -0.25) is 4.79 Å². The standard InChI is InChI=1S/C15H14ClFN2O/c1-8-3-10(6-11(17)4-8)15(20)19-14-7-12(16)13(18)5-9(14)2/h3-7H,18H2,1-2H3,(H,19,20). The Morgan fingerprint density at radius 1 is 1.20 bits per heavy atom. The van der Waals surface area contributed by atoms with Gasteiger partial charge in [-0.05, 0) is 55.3 Å². The summed E-state index contributed by atoms with van der Waals surface area (Å²) in [4.78, 5) is 12.1. The molecule has 104 valence electrons. The smallest absolute Gasteiger partial charge is 0.255 e. The summed E-state index contributed by atoms with van der Waals surface area (Å²) in [5.41, 5.74) is 8.40. The van der Waals surface area contributed by atoms with Crippen LogP contribution in [-0.4, -0.2) is 5.91 Å². The SMILES string of the molecule is Cc1cc(F)cc(C(=O)Nc2cc(Cl)c(N)cc2C)c1. The number of rotatable bonds is 2. The molecule has 3 nitrogen and oxygen atoms in total. The van der Waals surface area contributed by atoms with Crippen molar-refractivity contribution in [2.75, 3.05) is 11.1 Å². The van der Waals surface area contributed by atoms with Gasteiger partial charge in [-0.2, -0.15) is 0 Å². The van der Waals surface area contributed by atoms with Crippen molar-refractivity contribution in [3.8, 4) is 0 Å². The first-order valence-corrected chi connectivity index (χ1v) is 6.39. The van der Waals surface area contributed by atoms with Crippen molar-refractivity contribution in [1.29, 1.82) is 0 Å². The van der Waals surface area contributed by atoms with Crippen molar-refractivity contribution >= 4 is 28.9 Å². The van der Waals surface area contributed by atoms with E-state index >= 15 is 0 Å². The van der Waals surface area contributed by atoms with Crippen molar-refractivity contribution in [3.63, 3.8) is 0 Å². The van der Waals surface area contributed by atoms with Crippen molar-refractivity contribution in [3.05, 3.63) is 57.9 Å². The summed E-state index contributed by atoms with van der Waals surface area (Å²) in [6.45, 7) is 3.53. The third-order valence-corrected chi connectivity index (χ3v) is 3.22. The highest BCUT2D eigenvalue weighted by molar-refractivity contribution is 6.33. The average Bonchev–Trinajstić information content (AvgIpc) is 2.34. The molecule has 2 rings (SSSR count). The lowest BCUT2D eigenvalue weighted by Crippen LogP contribution is -2.13. The Bertz CT molecular complexity index is 666. The molecule has 0 saturated carbocycles. The van der Waals surface area contributed by atoms with Gasteiger partial charge in [0.2, 0.25) is 0 Å². The first kappa shape index (κ1) is 14.3. The van der Waals surface area contributed by atoms with E-state index in [9.17, 15) is 9.18 Å². The number of nitrogens with one attached hydrogen (secondary N) is 1. The predicted octanol–water partition coefficient (Wildman–Crippen LogP) is 3.93. The number of aryl methyl sites for hydroxylation is 2. The van der Waals surface area contributed by atoms with E-state index in [4.69, 9.17) is 17.3 Å². The van der Waals surface area contributed by atoms with Gasteiger partial charge in [0.1, 0.15) is 5.82 Å². The lowest BCUT2D eigenvalue weighted by molar-refractivity contribution is 0.102. The van der Waals surface area contributed by atoms with Crippen LogP contribution >= 0.6 is 11.6 Å². The highest BCUT2D eigenvalue weighted by Crippen LogP contribution is 2.27. The van der Waals surface area contributed by atoms with E-state index in [0.29, 0.717) is 22.0 Å². The molecule has 0 atom stereocenters. The fourth-order valence-electron chi connectivity index (χ4n) is 1.90. The van der Waals surface area contributed by atoms with E-state index < -0.39 is 11.7 Å². The molecule has 20 heavy (non-hydrogen) atoms. The molecule has 0 aromatic heterocycles. The second kappa shape index (κ2) is 5.51. The normalized spacial score (nSPS) is 10.4. The maximum Gasteiger partial charge on any atom is 0.255 e. The first-order valence-electron chi connectivity index (χ1n) is 6.01. The van der Waals surface area contributed by atoms with Crippen molar-refractivity contribution < 1.29 is 9.18 Å². The number of hydrogen-bond acceptors (Lipinski definition) is 2. The summed E-state index contributed by atoms with van der Waals surface area (Å²) in [5, 5.41) is 3.07. The van der Waals surface area contributed by atoms with Crippen LogP contribution in [0.4, 0.5) is 15.8 Å². The molecule has 3 N–H and O–H groups in total. The Hall–Kier alpha value is -2.07. The van der Waals surface area contributed by atoms with Crippen LogP contribution in [0.15, 0.2) is 30.3 Å². The molecule has 2 aromatic carbocycles. The summed E-state index contributed by atoms with van der Waals surface area (Å²) >= 11 is 5.93. The molecule has 0 heterocycles. The molecule has 2 aromatic rings. The van der Waals surface area contributed by atoms with Gasteiger partial charge in [0.05, 0.1) is 10.7 Å². The van der Waals surface area contributed by atoms with E-state index in [1.54, 1.807) is 32.0 Å². The second-order valence-electron chi connectivity index (χ2n) is 4.66. The van der Waals surface area contributed by atoms with E-state index in [1.807, 2.05) is 0 Å². The Morgan fingerprint density at radius 2 is 1.90 bits per heavy atom. The number of amides is 1. The first-order chi connectivity index (χ1) is 9.36. The molecule has 0 aliphatic rings. The number of hydrogen-bond donors (Lipinski definition) is 2. The number of benzene rings is 2. The van der Waals surface area contributed by atoms with Gasteiger partial charge in [-0.25, -0.2) is 4.39 Å². The topological polar surface area (TPSA) is 55.1 Å². The van der Waals surface area contributed by atoms with Crippen LogP contribution in [0.3, 0.4) is 0 Å². The number of anilines is 2. The predicted molar refractivity (Wildman–Crippen MR) is 79.7 cm³/mol. The van der Waals surface area contributed by atoms with Crippen LogP contribution in [0, 0.1) is 19.7 Å². The summed E-state index contributed by atoms with van der Waals surface area (Å²) in [5.74, 6) is -0.834. The Balaban J connectivity index is 2.30. The molecule has 0 spiro atoms. The highest BCUT2D eigenvalue weighted by Gasteiger charge is 2.11. The Labute approximate surface area is 121 Å². The quantitative estimate of drug-likeness (QED) is 0.824. The van der Waals surface area contributed by atoms with E-state index in [0.717, 1.165) is 5.56 Å². The van der Waals surface area contributed by atoms with E-state index in [2.05, 4.69) is 5.32 Å². The lowest BCUT2D eigenvalue weighted by atomic mass is 10.1. The number of halogens is 2. The van der Waals surface area contributed by atoms with Gasteiger partial charge >= 0.3 is 0 Å². The second-order valence-corrected chi connectivity index (χ2v) is 5.07. The van der Waals surface area contributed by atoms with Crippen molar-refractivity contribution in [1.82, 2.24) is 0 Å². The maximum absolute atomic E-state index is 13.3. The van der Waals surface area contributed by atoms with Gasteiger partial charge in [0.15, 0.2) is 0 Å². The monoisotopic (exact) mass is 292 g/mol. The molecule has 1 amide bonds. The molecule has 0 saturated heterocycles. The minimum atomic E-state index is -0.442. The van der Waals surface area contributed by atoms with Gasteiger partial charge in [0.25, 0.3) is 5.91 Å². The molecule has 0 aliphatic carbocycles. The number of nitrogen functional groups attached to an aromatic ring is 1. The number of nitrogens with two attached hydrogens (primary N) is 1. The van der Waals surface area contributed by atoms with Gasteiger partial charge < -0.3 is 11.1 Å². The molecule has 0 bridgehead atoms. The van der Waals surface area contributed by atoms with Crippen molar-refractivity contribution in [2.45, 2.75) is 13.8 Å². The fraction of sp³-hybridized carbons (Fsp3) is 0.133. The van der Waals surface area contributed by atoms with Gasteiger partial charge in [-0.1, -0.05) is 11.6 Å². The summed E-state index contributed by atoms with van der Waals surface area (Å²) in [6, 6.07) is 7.43. The molecule has 0 unspecified atom stereocenters. The zero-order valence-corrected chi connectivity index (χ0v) is 11.9. The van der Waals surface area contributed by atoms with Crippen LogP contribution in [0.25, 0.3) is 0 Å². The molecule has 0 aliphatic heterocycles. The number of carbonyl (C=O) groups excluding carboxylic acids is 1. The van der Waals surface area contributed by atoms with Crippen LogP contribution in [0.2, 0.25) is 5.02 Å². The third kappa shape index (κ3) is 3.08. The zero-order valence-electron chi connectivity index (χ0n) is 11.1. The Kier molecular flexibility index (Phi) is 3.95. The fourth-order valence-corrected chi connectivity index (χ4v) is 2.06. The van der Waals surface area contributed by atoms with Gasteiger partial charge in [0, 0.05) is 11.3 Å². The molecular weight excluding hydrogens is 279 g/mol. The minimum Gasteiger partial charge on any atom is -0.398 e. The minimum absolute atomic E-state index is 0.259. The average molecular weight is 293 g/mol. The molecule has 0 radical (unpaired) electrons. The highest BCUT2D eigenvalue weighted by atomic mass is 35.5. The van der Waals surface area contributed by atoms with Gasteiger partial charge in [-0.15, -0.1) is 0 Å². The summed E-state index contributed by atoms with van der Waals surface area (Å²) < 4.78 is 13.3. The number of carbonyl (C=O) groups is 1. The molecular formula is C15H14ClFN2O. The molecule has 0 fully saturated rings. The third-order valence-electron chi connectivity index (χ3n) is 2.90. The largest absolute Gasteiger partial charge is 0.398 e. The van der Waals surface area contributed by atoms with Crippen LogP contribution in [-0.2, 0) is 0 Å². The van der Waals surface area contributed by atoms with Crippen LogP contribution in [0.1, 0.15) is 21.5 Å². The van der Waals surface area contributed by atoms with E-state index in [1.165, 1.54) is 12.1 Å². The van der Waals surface area contributed by atoms with Crippen LogP contribution in [0.5, 0.6) is 0 Å². The molecule has 5 heteroatoms. The summed E-state index contributed by atoms with van der Waals surface area (Å²) in [7, 11) is 0. The van der Waals surface area contributed by atoms with Crippen LogP contribution < -0.4 is 11.1 Å². The zero-order chi connectivity index (χ0) is 14.9. The van der Waals surface area contributed by atoms with E-state index in [-0.39, 0.29) is 5.56 Å². The lowest BCUT2D eigenvalue weighted by Gasteiger charge is -2.11. The Morgan fingerprint density at radius 3 is 2.55 bits per heavy atom. The summed E-state index contributed by atoms with van der Waals surface area (Å²) in [6.07, 6.45) is 0. The maximum atomic E-state index is 13.3.